The van der Waals surface area contributed by atoms with Crippen molar-refractivity contribution in [2.75, 3.05) is 0 Å². The van der Waals surface area contributed by atoms with Crippen molar-refractivity contribution in [3.63, 3.8) is 0 Å². The number of benzene rings is 2. The van der Waals surface area contributed by atoms with Crippen molar-refractivity contribution in [3.8, 4) is 5.75 Å². The minimum Gasteiger partial charge on any atom is -0.483 e. The first kappa shape index (κ1) is 14.3. The van der Waals surface area contributed by atoms with E-state index in [4.69, 9.17) is 10.5 Å². The van der Waals surface area contributed by atoms with Gasteiger partial charge >= 0.3 is 0 Å². The molecule has 0 saturated heterocycles. The smallest absolute Gasteiger partial charge is 0.139 e. The highest BCUT2D eigenvalue weighted by molar-refractivity contribution is 14.1. The third-order valence-electron chi connectivity index (χ3n) is 3.06. The van der Waals surface area contributed by atoms with E-state index in [0.717, 1.165) is 14.9 Å². The molecule has 2 nitrogen and oxygen atoms in total. The Morgan fingerprint density at radius 2 is 1.68 bits per heavy atom. The second-order valence-corrected chi connectivity index (χ2v) is 5.85. The number of hydrogen-bond donors (Lipinski definition) is 1. The molecule has 100 valence electrons. The highest BCUT2D eigenvalue weighted by atomic mass is 127. The summed E-state index contributed by atoms with van der Waals surface area (Å²) in [6.45, 7) is 4.07. The fraction of sp³-hybridized carbons (Fsp3) is 0.250. The average molecular weight is 367 g/mol. The van der Waals surface area contributed by atoms with Gasteiger partial charge in [-0.1, -0.05) is 36.4 Å². The van der Waals surface area contributed by atoms with Gasteiger partial charge < -0.3 is 10.5 Å². The molecule has 0 saturated carbocycles. The molecule has 0 bridgehead atoms. The third kappa shape index (κ3) is 3.48. The Morgan fingerprint density at radius 3 is 2.32 bits per heavy atom. The van der Waals surface area contributed by atoms with Gasteiger partial charge in [-0.2, -0.15) is 0 Å². The van der Waals surface area contributed by atoms with Gasteiger partial charge in [-0.15, -0.1) is 0 Å². The molecule has 0 fully saturated rings. The van der Waals surface area contributed by atoms with Crippen LogP contribution in [0.15, 0.2) is 48.5 Å². The summed E-state index contributed by atoms with van der Waals surface area (Å²) >= 11 is 2.28. The molecule has 19 heavy (non-hydrogen) atoms. The molecule has 0 spiro atoms. The predicted octanol–water partition coefficient (Wildman–Crippen LogP) is 4.07. The van der Waals surface area contributed by atoms with Gasteiger partial charge in [0.15, 0.2) is 0 Å². The molecule has 2 N–H and O–H groups in total. The largest absolute Gasteiger partial charge is 0.483 e. The van der Waals surface area contributed by atoms with E-state index >= 15 is 0 Å². The van der Waals surface area contributed by atoms with Crippen molar-refractivity contribution >= 4 is 22.6 Å². The van der Waals surface area contributed by atoms with E-state index in [-0.39, 0.29) is 12.1 Å². The highest BCUT2D eigenvalue weighted by Crippen LogP contribution is 2.29. The number of halogens is 1. The fourth-order valence-corrected chi connectivity index (χ4v) is 2.55. The molecular weight excluding hydrogens is 349 g/mol. The molecule has 2 atom stereocenters. The molecule has 0 aromatic heterocycles. The summed E-state index contributed by atoms with van der Waals surface area (Å²) in [6, 6.07) is 16.2. The molecule has 2 aromatic carbocycles. The van der Waals surface area contributed by atoms with Crippen LogP contribution in [0.1, 0.15) is 24.2 Å². The van der Waals surface area contributed by atoms with E-state index in [1.165, 1.54) is 5.56 Å². The number of nitrogens with two attached hydrogens (primary N) is 1. The molecular formula is C16H18INO. The lowest BCUT2D eigenvalue weighted by molar-refractivity contribution is 0.178. The Bertz CT molecular complexity index is 554. The molecule has 0 heterocycles. The lowest BCUT2D eigenvalue weighted by atomic mass is 9.99. The summed E-state index contributed by atoms with van der Waals surface area (Å²) in [5.41, 5.74) is 8.46. The van der Waals surface area contributed by atoms with Crippen molar-refractivity contribution in [2.45, 2.75) is 26.0 Å². The first-order chi connectivity index (χ1) is 9.09. The zero-order valence-electron chi connectivity index (χ0n) is 11.1. The Balaban J connectivity index is 2.33. The summed E-state index contributed by atoms with van der Waals surface area (Å²) in [7, 11) is 0. The molecule has 2 rings (SSSR count). The average Bonchev–Trinajstić information content (AvgIpc) is 2.38. The summed E-state index contributed by atoms with van der Waals surface area (Å²) in [5, 5.41) is 0. The monoisotopic (exact) mass is 367 g/mol. The summed E-state index contributed by atoms with van der Waals surface area (Å²) in [4.78, 5) is 0. The van der Waals surface area contributed by atoms with Gasteiger partial charge in [0.25, 0.3) is 0 Å². The Kier molecular flexibility index (Phi) is 4.82. The van der Waals surface area contributed by atoms with E-state index in [0.29, 0.717) is 0 Å². The van der Waals surface area contributed by atoms with Crippen LogP contribution in [-0.2, 0) is 0 Å². The molecule has 2 unspecified atom stereocenters. The Hall–Kier alpha value is -1.07. The van der Waals surface area contributed by atoms with E-state index in [2.05, 4.69) is 41.6 Å². The lowest BCUT2D eigenvalue weighted by Gasteiger charge is -2.25. The van der Waals surface area contributed by atoms with Gasteiger partial charge in [0.2, 0.25) is 0 Å². The first-order valence-electron chi connectivity index (χ1n) is 6.32. The molecule has 2 aromatic rings. The highest BCUT2D eigenvalue weighted by Gasteiger charge is 2.20. The molecule has 0 radical (unpaired) electrons. The van der Waals surface area contributed by atoms with Crippen molar-refractivity contribution in [3.05, 3.63) is 63.2 Å². The standard InChI is InChI=1S/C16H18INO/c1-11-7-3-4-8-13(11)16(12(2)18)19-15-10-6-5-9-14(15)17/h3-10,12,16H,18H2,1-2H3. The van der Waals surface area contributed by atoms with Gasteiger partial charge in [-0.25, -0.2) is 0 Å². The van der Waals surface area contributed by atoms with Crippen LogP contribution in [0.25, 0.3) is 0 Å². The number of rotatable bonds is 4. The normalized spacial score (nSPS) is 13.9. The first-order valence-corrected chi connectivity index (χ1v) is 7.39. The minimum atomic E-state index is -0.128. The van der Waals surface area contributed by atoms with Gasteiger partial charge in [0.1, 0.15) is 11.9 Å². The fourth-order valence-electron chi connectivity index (χ4n) is 2.04. The Labute approximate surface area is 128 Å². The second kappa shape index (κ2) is 6.39. The molecule has 3 heteroatoms. The predicted molar refractivity (Wildman–Crippen MR) is 87.4 cm³/mol. The summed E-state index contributed by atoms with van der Waals surface area (Å²) in [6.07, 6.45) is -0.128. The SMILES string of the molecule is Cc1ccccc1C(Oc1ccccc1I)C(C)N. The van der Waals surface area contributed by atoms with Gasteiger partial charge in [-0.3, -0.25) is 0 Å². The van der Waals surface area contributed by atoms with Crippen LogP contribution in [0, 0.1) is 10.5 Å². The van der Waals surface area contributed by atoms with Gasteiger partial charge in [0, 0.05) is 6.04 Å². The number of para-hydroxylation sites is 1. The topological polar surface area (TPSA) is 35.2 Å². The number of ether oxygens (including phenoxy) is 1. The van der Waals surface area contributed by atoms with Crippen molar-refractivity contribution in [1.82, 2.24) is 0 Å². The van der Waals surface area contributed by atoms with Gasteiger partial charge in [0.05, 0.1) is 3.57 Å². The lowest BCUT2D eigenvalue weighted by Crippen LogP contribution is -2.29. The summed E-state index contributed by atoms with van der Waals surface area (Å²) < 4.78 is 7.24. The molecule has 0 aliphatic heterocycles. The van der Waals surface area contributed by atoms with Gasteiger partial charge in [-0.05, 0) is 59.7 Å². The quantitative estimate of drug-likeness (QED) is 0.827. The Morgan fingerprint density at radius 1 is 1.05 bits per heavy atom. The maximum atomic E-state index is 6.14. The second-order valence-electron chi connectivity index (χ2n) is 4.68. The van der Waals surface area contributed by atoms with Crippen molar-refractivity contribution in [2.24, 2.45) is 5.73 Å². The minimum absolute atomic E-state index is 0.0721. The van der Waals surface area contributed by atoms with Crippen LogP contribution >= 0.6 is 22.6 Å². The maximum Gasteiger partial charge on any atom is 0.139 e. The van der Waals surface area contributed by atoms with E-state index in [9.17, 15) is 0 Å². The van der Waals surface area contributed by atoms with Crippen LogP contribution in [-0.4, -0.2) is 6.04 Å². The molecule has 0 amide bonds. The van der Waals surface area contributed by atoms with Crippen molar-refractivity contribution in [1.29, 1.82) is 0 Å². The third-order valence-corrected chi connectivity index (χ3v) is 3.95. The summed E-state index contributed by atoms with van der Waals surface area (Å²) in [5.74, 6) is 0.883. The van der Waals surface area contributed by atoms with E-state index in [1.54, 1.807) is 0 Å². The maximum absolute atomic E-state index is 6.14. The zero-order chi connectivity index (χ0) is 13.8. The van der Waals surface area contributed by atoms with E-state index in [1.807, 2.05) is 43.3 Å². The molecule has 0 aliphatic carbocycles. The van der Waals surface area contributed by atoms with Crippen LogP contribution in [0.4, 0.5) is 0 Å². The van der Waals surface area contributed by atoms with E-state index < -0.39 is 0 Å². The zero-order valence-corrected chi connectivity index (χ0v) is 13.3. The van der Waals surface area contributed by atoms with Crippen LogP contribution in [0.5, 0.6) is 5.75 Å². The number of aryl methyl sites for hydroxylation is 1. The van der Waals surface area contributed by atoms with Crippen LogP contribution in [0.2, 0.25) is 0 Å². The van der Waals surface area contributed by atoms with Crippen LogP contribution < -0.4 is 10.5 Å². The molecule has 0 aliphatic rings. The van der Waals surface area contributed by atoms with Crippen molar-refractivity contribution < 1.29 is 4.74 Å². The van der Waals surface area contributed by atoms with Crippen LogP contribution in [0.3, 0.4) is 0 Å². The number of hydrogen-bond acceptors (Lipinski definition) is 2.